The number of piperazine rings is 1. The van der Waals surface area contributed by atoms with Gasteiger partial charge in [0.25, 0.3) is 0 Å². The van der Waals surface area contributed by atoms with Crippen molar-refractivity contribution in [2.75, 3.05) is 52.6 Å². The predicted octanol–water partition coefficient (Wildman–Crippen LogP) is 1.20. The lowest BCUT2D eigenvalue weighted by atomic mass is 9.92. The Morgan fingerprint density at radius 2 is 1.89 bits per heavy atom. The highest BCUT2D eigenvalue weighted by Crippen LogP contribution is 2.33. The molecule has 1 unspecified atom stereocenters. The van der Waals surface area contributed by atoms with Crippen molar-refractivity contribution in [1.82, 2.24) is 14.1 Å². The molecular formula is C20H31N3O4S. The van der Waals surface area contributed by atoms with Crippen LogP contribution < -0.4 is 4.74 Å². The Bertz CT molecular complexity index is 805. The average molecular weight is 410 g/mol. The van der Waals surface area contributed by atoms with Gasteiger partial charge in [0.05, 0.1) is 19.8 Å². The third kappa shape index (κ3) is 4.50. The molecule has 1 atom stereocenters. The molecule has 0 aliphatic carbocycles. The minimum absolute atomic E-state index is 0.106. The second-order valence-corrected chi connectivity index (χ2v) is 9.80. The van der Waals surface area contributed by atoms with Crippen molar-refractivity contribution in [1.29, 1.82) is 0 Å². The first-order valence-electron chi connectivity index (χ1n) is 9.88. The summed E-state index contributed by atoms with van der Waals surface area (Å²) in [6.45, 7) is 6.21. The summed E-state index contributed by atoms with van der Waals surface area (Å²) in [4.78, 5) is 17.0. The summed E-state index contributed by atoms with van der Waals surface area (Å²) < 4.78 is 30.7. The number of methoxy groups -OCH3 is 1. The van der Waals surface area contributed by atoms with E-state index in [-0.39, 0.29) is 11.4 Å². The molecule has 0 radical (unpaired) electrons. The normalized spacial score (nSPS) is 24.5. The zero-order valence-corrected chi connectivity index (χ0v) is 17.9. The molecule has 2 saturated heterocycles. The van der Waals surface area contributed by atoms with Crippen molar-refractivity contribution >= 4 is 15.9 Å². The molecule has 28 heavy (non-hydrogen) atoms. The van der Waals surface area contributed by atoms with Gasteiger partial charge in [-0.15, -0.1) is 0 Å². The maximum atomic E-state index is 12.7. The van der Waals surface area contributed by atoms with Crippen LogP contribution >= 0.6 is 0 Å². The van der Waals surface area contributed by atoms with E-state index in [1.165, 1.54) is 6.26 Å². The third-order valence-electron chi connectivity index (χ3n) is 6.22. The molecule has 7 nitrogen and oxygen atoms in total. The Hall–Kier alpha value is -1.64. The van der Waals surface area contributed by atoms with Gasteiger partial charge in [0.2, 0.25) is 15.9 Å². The Morgan fingerprint density at radius 1 is 1.18 bits per heavy atom. The number of benzene rings is 1. The summed E-state index contributed by atoms with van der Waals surface area (Å²) >= 11 is 0. The fourth-order valence-corrected chi connectivity index (χ4v) is 5.27. The van der Waals surface area contributed by atoms with Gasteiger partial charge in [0.15, 0.2) is 0 Å². The topological polar surface area (TPSA) is 70.2 Å². The minimum atomic E-state index is -3.16. The van der Waals surface area contributed by atoms with Crippen LogP contribution in [0.5, 0.6) is 5.75 Å². The van der Waals surface area contributed by atoms with E-state index in [0.29, 0.717) is 32.6 Å². The number of sulfonamides is 1. The summed E-state index contributed by atoms with van der Waals surface area (Å²) in [6.07, 6.45) is 3.43. The van der Waals surface area contributed by atoms with Gasteiger partial charge in [-0.2, -0.15) is 0 Å². The summed E-state index contributed by atoms with van der Waals surface area (Å²) in [5.74, 6) is 0.888. The molecule has 1 amide bonds. The molecule has 3 rings (SSSR count). The number of ether oxygens (including phenoxy) is 1. The molecule has 0 saturated carbocycles. The highest BCUT2D eigenvalue weighted by atomic mass is 32.2. The van der Waals surface area contributed by atoms with Crippen LogP contribution in [-0.2, 0) is 21.2 Å². The van der Waals surface area contributed by atoms with E-state index in [1.54, 1.807) is 11.4 Å². The molecule has 2 aliphatic heterocycles. The quantitative estimate of drug-likeness (QED) is 0.706. The number of hydrogen-bond donors (Lipinski definition) is 0. The molecular weight excluding hydrogens is 378 g/mol. The highest BCUT2D eigenvalue weighted by molar-refractivity contribution is 7.88. The molecule has 8 heteroatoms. The van der Waals surface area contributed by atoms with Crippen LogP contribution in [-0.4, -0.2) is 86.6 Å². The number of hydrogen-bond acceptors (Lipinski definition) is 5. The summed E-state index contributed by atoms with van der Waals surface area (Å²) in [7, 11) is -1.53. The van der Waals surface area contributed by atoms with Crippen molar-refractivity contribution in [3.63, 3.8) is 0 Å². The number of amides is 1. The monoisotopic (exact) mass is 409 g/mol. The average Bonchev–Trinajstić information content (AvgIpc) is 3.15. The standard InChI is InChI=1S/C20H31N3O4S/c1-4-20(8-9-23(16-20)28(3,25)26)22-12-10-21(11-13-22)19(24)15-17-6-5-7-18(14-17)27-2/h5-7,14H,4,8-13,15-16H2,1-3H3. The van der Waals surface area contributed by atoms with Crippen molar-refractivity contribution in [3.05, 3.63) is 29.8 Å². The maximum absolute atomic E-state index is 12.7. The number of carbonyl (C=O) groups is 1. The molecule has 0 bridgehead atoms. The molecule has 1 aromatic carbocycles. The summed E-state index contributed by atoms with van der Waals surface area (Å²) in [5.41, 5.74) is 0.849. The highest BCUT2D eigenvalue weighted by Gasteiger charge is 2.45. The largest absolute Gasteiger partial charge is 0.497 e. The molecule has 2 fully saturated rings. The smallest absolute Gasteiger partial charge is 0.227 e. The van der Waals surface area contributed by atoms with Gasteiger partial charge < -0.3 is 9.64 Å². The molecule has 0 spiro atoms. The number of carbonyl (C=O) groups excluding carboxylic acids is 1. The fourth-order valence-electron chi connectivity index (χ4n) is 4.37. The van der Waals surface area contributed by atoms with Gasteiger partial charge in [-0.1, -0.05) is 19.1 Å². The van der Waals surface area contributed by atoms with Gasteiger partial charge in [0, 0.05) is 44.8 Å². The van der Waals surface area contributed by atoms with Crippen LogP contribution in [0.15, 0.2) is 24.3 Å². The lowest BCUT2D eigenvalue weighted by molar-refractivity contribution is -0.133. The van der Waals surface area contributed by atoms with Crippen LogP contribution in [0, 0.1) is 0 Å². The predicted molar refractivity (Wildman–Crippen MR) is 109 cm³/mol. The second-order valence-electron chi connectivity index (χ2n) is 7.82. The Balaban J connectivity index is 1.58. The SMILES string of the molecule is CCC1(N2CCN(C(=O)Cc3cccc(OC)c3)CC2)CCN(S(C)(=O)=O)C1. The molecule has 0 N–H and O–H groups in total. The number of rotatable bonds is 6. The van der Waals surface area contributed by atoms with Gasteiger partial charge in [-0.25, -0.2) is 12.7 Å². The third-order valence-corrected chi connectivity index (χ3v) is 7.47. The van der Waals surface area contributed by atoms with E-state index in [0.717, 1.165) is 37.2 Å². The summed E-state index contributed by atoms with van der Waals surface area (Å²) in [5, 5.41) is 0. The second kappa shape index (κ2) is 8.39. The minimum Gasteiger partial charge on any atom is -0.497 e. The first-order chi connectivity index (χ1) is 13.3. The van der Waals surface area contributed by atoms with Crippen molar-refractivity contribution in [3.8, 4) is 5.75 Å². The van der Waals surface area contributed by atoms with Crippen LogP contribution in [0.1, 0.15) is 25.3 Å². The van der Waals surface area contributed by atoms with E-state index >= 15 is 0 Å². The van der Waals surface area contributed by atoms with E-state index in [2.05, 4.69) is 11.8 Å². The Morgan fingerprint density at radius 3 is 2.46 bits per heavy atom. The molecule has 156 valence electrons. The van der Waals surface area contributed by atoms with E-state index in [9.17, 15) is 13.2 Å². The van der Waals surface area contributed by atoms with Crippen molar-refractivity contribution in [2.24, 2.45) is 0 Å². The van der Waals surface area contributed by atoms with E-state index in [1.807, 2.05) is 29.2 Å². The first-order valence-corrected chi connectivity index (χ1v) is 11.7. The zero-order valence-electron chi connectivity index (χ0n) is 17.1. The molecule has 1 aromatic rings. The van der Waals surface area contributed by atoms with Gasteiger partial charge in [-0.05, 0) is 30.5 Å². The van der Waals surface area contributed by atoms with Crippen LogP contribution in [0.2, 0.25) is 0 Å². The van der Waals surface area contributed by atoms with E-state index in [4.69, 9.17) is 4.74 Å². The summed E-state index contributed by atoms with van der Waals surface area (Å²) in [6, 6.07) is 7.62. The molecule has 2 heterocycles. The Labute approximate surface area is 168 Å². The van der Waals surface area contributed by atoms with Crippen LogP contribution in [0.4, 0.5) is 0 Å². The van der Waals surface area contributed by atoms with Gasteiger partial charge in [-0.3, -0.25) is 9.69 Å². The molecule has 2 aliphatic rings. The van der Waals surface area contributed by atoms with Gasteiger partial charge >= 0.3 is 0 Å². The lowest BCUT2D eigenvalue weighted by Gasteiger charge is -2.45. The van der Waals surface area contributed by atoms with Gasteiger partial charge in [0.1, 0.15) is 5.75 Å². The van der Waals surface area contributed by atoms with Crippen LogP contribution in [0.25, 0.3) is 0 Å². The van der Waals surface area contributed by atoms with Crippen molar-refractivity contribution < 1.29 is 17.9 Å². The first kappa shape index (κ1) is 21.1. The fraction of sp³-hybridized carbons (Fsp3) is 0.650. The van der Waals surface area contributed by atoms with Crippen molar-refractivity contribution in [2.45, 2.75) is 31.7 Å². The van der Waals surface area contributed by atoms with E-state index < -0.39 is 10.0 Å². The molecule has 0 aromatic heterocycles. The number of nitrogens with zero attached hydrogens (tertiary/aromatic N) is 3. The maximum Gasteiger partial charge on any atom is 0.227 e. The lowest BCUT2D eigenvalue weighted by Crippen LogP contribution is -2.59. The Kier molecular flexibility index (Phi) is 6.31. The van der Waals surface area contributed by atoms with Crippen LogP contribution in [0.3, 0.4) is 0 Å². The zero-order chi connectivity index (χ0) is 20.4.